The van der Waals surface area contributed by atoms with E-state index in [1.807, 2.05) is 0 Å². The summed E-state index contributed by atoms with van der Waals surface area (Å²) in [6, 6.07) is 4.97. The number of thiazole rings is 1. The predicted molar refractivity (Wildman–Crippen MR) is 69.3 cm³/mol. The van der Waals surface area contributed by atoms with E-state index in [-0.39, 0.29) is 5.82 Å². The molecule has 84 valence electrons. The molecule has 0 N–H and O–H groups in total. The normalized spacial score (nSPS) is 11.1. The average molecular weight is 300 g/mol. The summed E-state index contributed by atoms with van der Waals surface area (Å²) < 4.78 is 13.6. The lowest BCUT2D eigenvalue weighted by atomic mass is 10.1. The topological polar surface area (TPSA) is 12.9 Å². The second kappa shape index (κ2) is 4.63. The molecule has 0 spiro atoms. The molecule has 2 rings (SSSR count). The minimum atomic E-state index is -0.246. The molecule has 1 nitrogen and oxygen atoms in total. The largest absolute Gasteiger partial charge is 0.241 e. The molecule has 4 heteroatoms. The van der Waals surface area contributed by atoms with Gasteiger partial charge in [-0.2, -0.15) is 0 Å². The SMILES string of the molecule is CC(C)c1csc(-c2ccc(F)c(Br)c2)n1. The van der Waals surface area contributed by atoms with Crippen LogP contribution in [0.5, 0.6) is 0 Å². The van der Waals surface area contributed by atoms with Crippen molar-refractivity contribution in [3.63, 3.8) is 0 Å². The van der Waals surface area contributed by atoms with Crippen molar-refractivity contribution in [3.05, 3.63) is 39.6 Å². The molecular formula is C12H11BrFNS. The summed E-state index contributed by atoms with van der Waals surface area (Å²) in [5, 5.41) is 2.99. The van der Waals surface area contributed by atoms with Crippen molar-refractivity contribution in [2.75, 3.05) is 0 Å². The fourth-order valence-corrected chi connectivity index (χ4v) is 2.67. The maximum atomic E-state index is 13.1. The van der Waals surface area contributed by atoms with Crippen molar-refractivity contribution in [1.82, 2.24) is 4.98 Å². The zero-order valence-electron chi connectivity index (χ0n) is 9.00. The Balaban J connectivity index is 2.39. The van der Waals surface area contributed by atoms with Gasteiger partial charge in [0.2, 0.25) is 0 Å². The van der Waals surface area contributed by atoms with Gasteiger partial charge in [0, 0.05) is 10.9 Å². The highest BCUT2D eigenvalue weighted by Gasteiger charge is 2.09. The van der Waals surface area contributed by atoms with E-state index < -0.39 is 0 Å². The van der Waals surface area contributed by atoms with Gasteiger partial charge >= 0.3 is 0 Å². The van der Waals surface area contributed by atoms with Gasteiger partial charge in [-0.1, -0.05) is 13.8 Å². The summed E-state index contributed by atoms with van der Waals surface area (Å²) in [7, 11) is 0. The van der Waals surface area contributed by atoms with Crippen LogP contribution in [0.4, 0.5) is 4.39 Å². The molecule has 0 aliphatic carbocycles. The Bertz CT molecular complexity index is 507. The minimum Gasteiger partial charge on any atom is -0.241 e. The summed E-state index contributed by atoms with van der Waals surface area (Å²) in [5.41, 5.74) is 2.03. The van der Waals surface area contributed by atoms with E-state index in [0.717, 1.165) is 16.3 Å². The molecule has 0 aliphatic rings. The summed E-state index contributed by atoms with van der Waals surface area (Å²) in [6.45, 7) is 4.22. The molecule has 1 heterocycles. The zero-order chi connectivity index (χ0) is 11.7. The fraction of sp³-hybridized carbons (Fsp3) is 0.250. The third kappa shape index (κ3) is 2.33. The summed E-state index contributed by atoms with van der Waals surface area (Å²) >= 11 is 4.77. The van der Waals surface area contributed by atoms with Crippen LogP contribution >= 0.6 is 27.3 Å². The average Bonchev–Trinajstić information content (AvgIpc) is 2.71. The first-order chi connectivity index (χ1) is 7.58. The summed E-state index contributed by atoms with van der Waals surface area (Å²) in [5.74, 6) is 0.179. The van der Waals surface area contributed by atoms with Crippen molar-refractivity contribution in [2.24, 2.45) is 0 Å². The highest BCUT2D eigenvalue weighted by Crippen LogP contribution is 2.29. The maximum Gasteiger partial charge on any atom is 0.137 e. The zero-order valence-corrected chi connectivity index (χ0v) is 11.4. The molecule has 0 atom stereocenters. The van der Waals surface area contributed by atoms with E-state index in [0.29, 0.717) is 10.4 Å². The van der Waals surface area contributed by atoms with E-state index in [4.69, 9.17) is 0 Å². The first kappa shape index (κ1) is 11.7. The number of benzene rings is 1. The van der Waals surface area contributed by atoms with E-state index in [2.05, 4.69) is 40.1 Å². The summed E-state index contributed by atoms with van der Waals surface area (Å²) in [4.78, 5) is 4.53. The highest BCUT2D eigenvalue weighted by atomic mass is 79.9. The number of rotatable bonds is 2. The van der Waals surface area contributed by atoms with E-state index in [1.54, 1.807) is 23.5 Å². The van der Waals surface area contributed by atoms with Crippen LogP contribution in [0.15, 0.2) is 28.1 Å². The van der Waals surface area contributed by atoms with Crippen molar-refractivity contribution in [3.8, 4) is 10.6 Å². The smallest absolute Gasteiger partial charge is 0.137 e. The van der Waals surface area contributed by atoms with Crippen LogP contribution in [0, 0.1) is 5.82 Å². The number of halogens is 2. The Morgan fingerprint density at radius 2 is 2.12 bits per heavy atom. The third-order valence-electron chi connectivity index (χ3n) is 2.28. The quantitative estimate of drug-likeness (QED) is 0.773. The van der Waals surface area contributed by atoms with E-state index in [9.17, 15) is 4.39 Å². The molecule has 0 saturated heterocycles. The Labute approximate surface area is 106 Å². The molecule has 1 aromatic heterocycles. The molecule has 0 aliphatic heterocycles. The lowest BCUT2D eigenvalue weighted by Crippen LogP contribution is -1.87. The van der Waals surface area contributed by atoms with Crippen LogP contribution in [-0.4, -0.2) is 4.98 Å². The Kier molecular flexibility index (Phi) is 3.40. The van der Waals surface area contributed by atoms with Gasteiger partial charge in [-0.25, -0.2) is 9.37 Å². The standard InChI is InChI=1S/C12H11BrFNS/c1-7(2)11-6-16-12(15-11)8-3-4-10(14)9(13)5-8/h3-7H,1-2H3. The minimum absolute atomic E-state index is 0.246. The van der Waals surface area contributed by atoms with Crippen molar-refractivity contribution in [2.45, 2.75) is 19.8 Å². The number of aromatic nitrogens is 1. The molecule has 0 radical (unpaired) electrons. The van der Waals surface area contributed by atoms with Crippen LogP contribution in [0.3, 0.4) is 0 Å². The number of hydrogen-bond acceptors (Lipinski definition) is 2. The molecule has 0 unspecified atom stereocenters. The van der Waals surface area contributed by atoms with Gasteiger partial charge in [-0.3, -0.25) is 0 Å². The molecular weight excluding hydrogens is 289 g/mol. The number of nitrogens with zero attached hydrogens (tertiary/aromatic N) is 1. The van der Waals surface area contributed by atoms with Gasteiger partial charge in [-0.05, 0) is 40.0 Å². The molecule has 16 heavy (non-hydrogen) atoms. The second-order valence-corrected chi connectivity index (χ2v) is 5.57. The van der Waals surface area contributed by atoms with Gasteiger partial charge in [0.05, 0.1) is 10.2 Å². The first-order valence-corrected chi connectivity index (χ1v) is 6.66. The molecule has 0 bridgehead atoms. The van der Waals surface area contributed by atoms with Crippen LogP contribution < -0.4 is 0 Å². The fourth-order valence-electron chi connectivity index (χ4n) is 1.31. The maximum absolute atomic E-state index is 13.1. The Hall–Kier alpha value is -0.740. The molecule has 1 aromatic carbocycles. The highest BCUT2D eigenvalue weighted by molar-refractivity contribution is 9.10. The van der Waals surface area contributed by atoms with Crippen LogP contribution in [0.2, 0.25) is 0 Å². The summed E-state index contributed by atoms with van der Waals surface area (Å²) in [6.07, 6.45) is 0. The lowest BCUT2D eigenvalue weighted by Gasteiger charge is -1.99. The van der Waals surface area contributed by atoms with Gasteiger partial charge in [-0.15, -0.1) is 11.3 Å². The molecule has 0 amide bonds. The van der Waals surface area contributed by atoms with Crippen molar-refractivity contribution >= 4 is 27.3 Å². The van der Waals surface area contributed by atoms with Gasteiger partial charge in [0.1, 0.15) is 10.8 Å². The monoisotopic (exact) mass is 299 g/mol. The predicted octanol–water partition coefficient (Wildman–Crippen LogP) is 4.84. The van der Waals surface area contributed by atoms with Gasteiger partial charge in [0.25, 0.3) is 0 Å². The molecule has 0 fully saturated rings. The second-order valence-electron chi connectivity index (χ2n) is 3.86. The van der Waals surface area contributed by atoms with Crippen LogP contribution in [0.25, 0.3) is 10.6 Å². The van der Waals surface area contributed by atoms with Crippen LogP contribution in [-0.2, 0) is 0 Å². The molecule has 0 saturated carbocycles. The molecule has 2 aromatic rings. The first-order valence-electron chi connectivity index (χ1n) is 4.99. The van der Waals surface area contributed by atoms with Gasteiger partial charge in [0.15, 0.2) is 0 Å². The van der Waals surface area contributed by atoms with E-state index >= 15 is 0 Å². The third-order valence-corrected chi connectivity index (χ3v) is 3.80. The number of hydrogen-bond donors (Lipinski definition) is 0. The van der Waals surface area contributed by atoms with Crippen molar-refractivity contribution < 1.29 is 4.39 Å². The van der Waals surface area contributed by atoms with Gasteiger partial charge < -0.3 is 0 Å². The van der Waals surface area contributed by atoms with E-state index in [1.165, 1.54) is 6.07 Å². The van der Waals surface area contributed by atoms with Crippen LogP contribution in [0.1, 0.15) is 25.5 Å². The Morgan fingerprint density at radius 3 is 2.69 bits per heavy atom. The Morgan fingerprint density at radius 1 is 1.38 bits per heavy atom. The lowest BCUT2D eigenvalue weighted by molar-refractivity contribution is 0.621. The van der Waals surface area contributed by atoms with Crippen molar-refractivity contribution in [1.29, 1.82) is 0 Å².